The molecule has 1 fully saturated rings. The first-order valence-corrected chi connectivity index (χ1v) is 6.14. The predicted octanol–water partition coefficient (Wildman–Crippen LogP) is 2.18. The van der Waals surface area contributed by atoms with Crippen molar-refractivity contribution in [2.24, 2.45) is 5.92 Å². The molecule has 3 heteroatoms. The Morgan fingerprint density at radius 1 is 1.35 bits per heavy atom. The standard InChI is InChI=1S/C14H19NO2/c1-11(2)13-10-15(8-9-17-13)14(16)12-6-4-3-5-7-12/h3-7,11,13H,8-10H2,1-2H3. The van der Waals surface area contributed by atoms with Gasteiger partial charge in [-0.2, -0.15) is 0 Å². The third-order valence-electron chi connectivity index (χ3n) is 3.14. The van der Waals surface area contributed by atoms with Crippen LogP contribution in [0, 0.1) is 5.92 Å². The highest BCUT2D eigenvalue weighted by atomic mass is 16.5. The van der Waals surface area contributed by atoms with Gasteiger partial charge in [0, 0.05) is 18.7 Å². The summed E-state index contributed by atoms with van der Waals surface area (Å²) >= 11 is 0. The van der Waals surface area contributed by atoms with Crippen LogP contribution >= 0.6 is 0 Å². The Hall–Kier alpha value is -1.35. The molecule has 92 valence electrons. The van der Waals surface area contributed by atoms with Crippen LogP contribution < -0.4 is 0 Å². The lowest BCUT2D eigenvalue weighted by Crippen LogP contribution is -2.47. The average Bonchev–Trinajstić information content (AvgIpc) is 2.39. The van der Waals surface area contributed by atoms with Crippen LogP contribution in [0.1, 0.15) is 24.2 Å². The molecule has 0 radical (unpaired) electrons. The van der Waals surface area contributed by atoms with E-state index in [1.54, 1.807) is 0 Å². The zero-order chi connectivity index (χ0) is 12.3. The maximum Gasteiger partial charge on any atom is 0.254 e. The lowest BCUT2D eigenvalue weighted by Gasteiger charge is -2.35. The summed E-state index contributed by atoms with van der Waals surface area (Å²) in [6.07, 6.45) is 0.163. The van der Waals surface area contributed by atoms with Crippen LogP contribution in [0.25, 0.3) is 0 Å². The van der Waals surface area contributed by atoms with E-state index in [1.165, 1.54) is 0 Å². The van der Waals surface area contributed by atoms with Crippen LogP contribution in [0.2, 0.25) is 0 Å². The first kappa shape index (κ1) is 12.1. The van der Waals surface area contributed by atoms with Gasteiger partial charge in [0.1, 0.15) is 0 Å². The molecular formula is C14H19NO2. The van der Waals surface area contributed by atoms with Gasteiger partial charge < -0.3 is 9.64 Å². The van der Waals surface area contributed by atoms with E-state index in [4.69, 9.17) is 4.74 Å². The number of carbonyl (C=O) groups is 1. The van der Waals surface area contributed by atoms with Gasteiger partial charge in [-0.15, -0.1) is 0 Å². The number of nitrogens with zero attached hydrogens (tertiary/aromatic N) is 1. The lowest BCUT2D eigenvalue weighted by atomic mass is 10.0. The van der Waals surface area contributed by atoms with Crippen LogP contribution in [-0.4, -0.2) is 36.6 Å². The zero-order valence-corrected chi connectivity index (χ0v) is 10.4. The highest BCUT2D eigenvalue weighted by Gasteiger charge is 2.26. The summed E-state index contributed by atoms with van der Waals surface area (Å²) in [6.45, 7) is 6.28. The van der Waals surface area contributed by atoms with E-state index in [0.717, 1.165) is 5.56 Å². The number of benzene rings is 1. The molecule has 2 rings (SSSR count). The molecule has 3 nitrogen and oxygen atoms in total. The fraction of sp³-hybridized carbons (Fsp3) is 0.500. The number of amides is 1. The molecule has 1 unspecified atom stereocenters. The topological polar surface area (TPSA) is 29.5 Å². The van der Waals surface area contributed by atoms with E-state index in [0.29, 0.717) is 25.6 Å². The largest absolute Gasteiger partial charge is 0.374 e. The summed E-state index contributed by atoms with van der Waals surface area (Å²) in [7, 11) is 0. The number of hydrogen-bond donors (Lipinski definition) is 0. The highest BCUT2D eigenvalue weighted by molar-refractivity contribution is 5.94. The fourth-order valence-electron chi connectivity index (χ4n) is 2.03. The molecule has 0 aliphatic carbocycles. The van der Waals surface area contributed by atoms with Gasteiger partial charge in [-0.05, 0) is 18.1 Å². The minimum Gasteiger partial charge on any atom is -0.374 e. The molecule has 1 heterocycles. The molecule has 17 heavy (non-hydrogen) atoms. The zero-order valence-electron chi connectivity index (χ0n) is 10.4. The van der Waals surface area contributed by atoms with Crippen molar-refractivity contribution in [3.05, 3.63) is 35.9 Å². The molecule has 1 aliphatic rings. The SMILES string of the molecule is CC(C)C1CN(C(=O)c2ccccc2)CCO1. The van der Waals surface area contributed by atoms with E-state index >= 15 is 0 Å². The quantitative estimate of drug-likeness (QED) is 0.783. The van der Waals surface area contributed by atoms with Gasteiger partial charge in [0.05, 0.1) is 12.7 Å². The minimum atomic E-state index is 0.111. The van der Waals surface area contributed by atoms with Crippen molar-refractivity contribution in [1.29, 1.82) is 0 Å². The fourth-order valence-corrected chi connectivity index (χ4v) is 2.03. The molecule has 0 spiro atoms. The van der Waals surface area contributed by atoms with Crippen molar-refractivity contribution in [2.75, 3.05) is 19.7 Å². The van der Waals surface area contributed by atoms with Gasteiger partial charge in [0.25, 0.3) is 5.91 Å². The Bertz CT molecular complexity index is 375. The molecule has 1 atom stereocenters. The number of carbonyl (C=O) groups excluding carboxylic acids is 1. The van der Waals surface area contributed by atoms with Gasteiger partial charge in [-0.1, -0.05) is 32.0 Å². The number of ether oxygens (including phenoxy) is 1. The molecule has 1 aromatic carbocycles. The summed E-state index contributed by atoms with van der Waals surface area (Å²) in [4.78, 5) is 14.1. The first-order chi connectivity index (χ1) is 8.18. The summed E-state index contributed by atoms with van der Waals surface area (Å²) in [6, 6.07) is 9.44. The van der Waals surface area contributed by atoms with Crippen molar-refractivity contribution < 1.29 is 9.53 Å². The van der Waals surface area contributed by atoms with Crippen molar-refractivity contribution in [1.82, 2.24) is 4.90 Å². The maximum absolute atomic E-state index is 12.2. The molecule has 1 amide bonds. The van der Waals surface area contributed by atoms with Gasteiger partial charge >= 0.3 is 0 Å². The summed E-state index contributed by atoms with van der Waals surface area (Å²) in [5.41, 5.74) is 0.761. The van der Waals surface area contributed by atoms with Crippen LogP contribution in [0.4, 0.5) is 0 Å². The molecule has 1 aromatic rings. The third kappa shape index (κ3) is 2.86. The van der Waals surface area contributed by atoms with E-state index in [9.17, 15) is 4.79 Å². The van der Waals surface area contributed by atoms with Crippen LogP contribution in [-0.2, 0) is 4.74 Å². The Morgan fingerprint density at radius 2 is 2.06 bits per heavy atom. The Kier molecular flexibility index (Phi) is 3.79. The number of rotatable bonds is 2. The number of morpholine rings is 1. The predicted molar refractivity (Wildman–Crippen MR) is 66.9 cm³/mol. The highest BCUT2D eigenvalue weighted by Crippen LogP contribution is 2.15. The summed E-state index contributed by atoms with van der Waals surface area (Å²) in [5, 5.41) is 0. The molecule has 0 saturated carbocycles. The third-order valence-corrected chi connectivity index (χ3v) is 3.14. The summed E-state index contributed by atoms with van der Waals surface area (Å²) in [5.74, 6) is 0.556. The normalized spacial score (nSPS) is 20.6. The molecule has 0 bridgehead atoms. The smallest absolute Gasteiger partial charge is 0.254 e. The average molecular weight is 233 g/mol. The van der Waals surface area contributed by atoms with Crippen LogP contribution in [0.5, 0.6) is 0 Å². The van der Waals surface area contributed by atoms with E-state index in [-0.39, 0.29) is 12.0 Å². The molecule has 1 aliphatic heterocycles. The first-order valence-electron chi connectivity index (χ1n) is 6.14. The van der Waals surface area contributed by atoms with Crippen molar-refractivity contribution in [2.45, 2.75) is 20.0 Å². The number of hydrogen-bond acceptors (Lipinski definition) is 2. The second kappa shape index (κ2) is 5.32. The Morgan fingerprint density at radius 3 is 2.71 bits per heavy atom. The van der Waals surface area contributed by atoms with E-state index in [2.05, 4.69) is 13.8 Å². The molecular weight excluding hydrogens is 214 g/mol. The molecule has 0 aromatic heterocycles. The second-order valence-electron chi connectivity index (χ2n) is 4.77. The second-order valence-corrected chi connectivity index (χ2v) is 4.77. The van der Waals surface area contributed by atoms with Gasteiger partial charge in [0.2, 0.25) is 0 Å². The monoisotopic (exact) mass is 233 g/mol. The van der Waals surface area contributed by atoms with Crippen molar-refractivity contribution in [3.8, 4) is 0 Å². The lowest BCUT2D eigenvalue weighted by molar-refractivity contribution is -0.0420. The minimum absolute atomic E-state index is 0.111. The van der Waals surface area contributed by atoms with E-state index in [1.807, 2.05) is 35.2 Å². The van der Waals surface area contributed by atoms with Crippen LogP contribution in [0.15, 0.2) is 30.3 Å². The molecule has 1 saturated heterocycles. The van der Waals surface area contributed by atoms with Gasteiger partial charge in [-0.25, -0.2) is 0 Å². The van der Waals surface area contributed by atoms with Gasteiger partial charge in [0.15, 0.2) is 0 Å². The molecule has 0 N–H and O–H groups in total. The van der Waals surface area contributed by atoms with Crippen LogP contribution in [0.3, 0.4) is 0 Å². The Balaban J connectivity index is 2.05. The van der Waals surface area contributed by atoms with Crippen molar-refractivity contribution >= 4 is 5.91 Å². The van der Waals surface area contributed by atoms with E-state index < -0.39 is 0 Å². The summed E-state index contributed by atoms with van der Waals surface area (Å²) < 4.78 is 5.66. The van der Waals surface area contributed by atoms with Crippen molar-refractivity contribution in [3.63, 3.8) is 0 Å². The maximum atomic E-state index is 12.2. The van der Waals surface area contributed by atoms with Gasteiger partial charge in [-0.3, -0.25) is 4.79 Å². The Labute approximate surface area is 102 Å².